The number of hydrogen-bond acceptors (Lipinski definition) is 4. The van der Waals surface area contributed by atoms with Crippen molar-refractivity contribution in [3.63, 3.8) is 0 Å². The molecule has 0 saturated heterocycles. The van der Waals surface area contributed by atoms with Gasteiger partial charge < -0.3 is 4.74 Å². The van der Waals surface area contributed by atoms with Crippen LogP contribution in [0.2, 0.25) is 0 Å². The first kappa shape index (κ1) is 25.1. The maximum absolute atomic E-state index is 13.9. The van der Waals surface area contributed by atoms with Crippen LogP contribution in [0.4, 0.5) is 19.4 Å². The fraction of sp³-hybridized carbons (Fsp3) is 0.640. The van der Waals surface area contributed by atoms with Crippen molar-refractivity contribution in [3.05, 3.63) is 40.3 Å². The largest absolute Gasteiger partial charge is 0.443 e. The van der Waals surface area contributed by atoms with Crippen LogP contribution in [0.3, 0.4) is 0 Å². The molecule has 0 atom stereocenters. The van der Waals surface area contributed by atoms with Crippen molar-refractivity contribution in [2.75, 3.05) is 11.4 Å². The minimum Gasteiger partial charge on any atom is -0.443 e. The predicted molar refractivity (Wildman–Crippen MR) is 130 cm³/mol. The summed E-state index contributed by atoms with van der Waals surface area (Å²) in [5.41, 5.74) is -0.0869. The van der Waals surface area contributed by atoms with Crippen LogP contribution in [-0.4, -0.2) is 33.0 Å². The van der Waals surface area contributed by atoms with E-state index in [-0.39, 0.29) is 16.5 Å². The number of aromatic nitrogens is 3. The van der Waals surface area contributed by atoms with Crippen LogP contribution < -0.4 is 4.90 Å². The van der Waals surface area contributed by atoms with Crippen LogP contribution in [0, 0.1) is 5.41 Å². The van der Waals surface area contributed by atoms with E-state index in [1.807, 2.05) is 32.9 Å². The third-order valence-corrected chi connectivity index (χ3v) is 7.86. The molecule has 3 aliphatic rings. The van der Waals surface area contributed by atoms with Gasteiger partial charge in [0, 0.05) is 42.3 Å². The van der Waals surface area contributed by atoms with E-state index in [1.54, 1.807) is 28.9 Å². The molecule has 2 heterocycles. The molecule has 0 spiro atoms. The lowest BCUT2D eigenvalue weighted by molar-refractivity contribution is 0.0122. The molecule has 5 rings (SSSR count). The monoisotopic (exact) mass is 538 g/mol. The predicted octanol–water partition coefficient (Wildman–Crippen LogP) is 6.72. The summed E-state index contributed by atoms with van der Waals surface area (Å²) in [5.74, 6) is -2.40. The van der Waals surface area contributed by atoms with Gasteiger partial charge in [-0.25, -0.2) is 9.78 Å². The van der Waals surface area contributed by atoms with Crippen molar-refractivity contribution in [1.29, 1.82) is 0 Å². The molecule has 34 heavy (non-hydrogen) atoms. The second-order valence-corrected chi connectivity index (χ2v) is 12.0. The van der Waals surface area contributed by atoms with E-state index in [0.29, 0.717) is 12.4 Å². The Bertz CT molecular complexity index is 1050. The number of fused-ring (bicyclic) bond motifs is 3. The number of carbonyl (C=O) groups excluding carboxylic acids is 1. The minimum atomic E-state index is -2.95. The third-order valence-electron chi connectivity index (χ3n) is 7.37. The van der Waals surface area contributed by atoms with Gasteiger partial charge in [0.1, 0.15) is 17.1 Å². The highest BCUT2D eigenvalue weighted by atomic mass is 79.9. The van der Waals surface area contributed by atoms with E-state index in [0.717, 1.165) is 55.6 Å². The molecule has 186 valence electrons. The number of nitrogens with zero attached hydrogens (tertiary/aromatic N) is 4. The summed E-state index contributed by atoms with van der Waals surface area (Å²) in [6.07, 6.45) is 6.64. The van der Waals surface area contributed by atoms with Crippen molar-refractivity contribution in [1.82, 2.24) is 14.8 Å². The van der Waals surface area contributed by atoms with Crippen LogP contribution in [-0.2, 0) is 23.1 Å². The lowest BCUT2D eigenvalue weighted by Gasteiger charge is -2.54. The Kier molecular flexibility index (Phi) is 6.32. The maximum atomic E-state index is 13.9. The number of hydrogen-bond donors (Lipinski definition) is 0. The summed E-state index contributed by atoms with van der Waals surface area (Å²) in [6, 6.07) is 5.25. The first-order valence-corrected chi connectivity index (χ1v) is 12.6. The average Bonchev–Trinajstić information content (AvgIpc) is 3.15. The van der Waals surface area contributed by atoms with Gasteiger partial charge in [0.15, 0.2) is 0 Å². The molecular weight excluding hydrogens is 506 g/mol. The lowest BCUT2D eigenvalue weighted by Crippen LogP contribution is -2.51. The summed E-state index contributed by atoms with van der Waals surface area (Å²) in [6.45, 7) is 6.98. The topological polar surface area (TPSA) is 60.2 Å². The molecule has 3 aliphatic carbocycles. The summed E-state index contributed by atoms with van der Waals surface area (Å²) in [5, 5.41) is 4.12. The van der Waals surface area contributed by atoms with E-state index in [2.05, 4.69) is 26.0 Å². The molecule has 2 aromatic heterocycles. The standard InChI is InChI=1S/C25H33BrF2N4O2/c1-22(2,3)34-21(33)32(20-14-17(26)6-13-29-20)16-24-7-10-25(11-8-24,12-9-24)19-15-18(23(4,27)28)30-31(19)5/h6,13-15H,7-12,16H2,1-5H3. The van der Waals surface area contributed by atoms with Crippen LogP contribution in [0.1, 0.15) is 77.6 Å². The lowest BCUT2D eigenvalue weighted by atomic mass is 9.52. The minimum absolute atomic E-state index is 0.0568. The Labute approximate surface area is 208 Å². The Morgan fingerprint density at radius 3 is 2.26 bits per heavy atom. The van der Waals surface area contributed by atoms with E-state index < -0.39 is 17.6 Å². The molecule has 3 fully saturated rings. The Morgan fingerprint density at radius 1 is 1.15 bits per heavy atom. The van der Waals surface area contributed by atoms with Gasteiger partial charge in [0.05, 0.1) is 0 Å². The Hall–Kier alpha value is -2.03. The molecule has 2 aromatic rings. The SMILES string of the molecule is Cn1nc(C(C)(F)F)cc1C12CCC(CN(C(=O)OC(C)(C)C)c3cc(Br)ccn3)(CC1)CC2. The number of aryl methyl sites for hydroxylation is 1. The summed E-state index contributed by atoms with van der Waals surface area (Å²) in [4.78, 5) is 19.3. The van der Waals surface area contributed by atoms with Gasteiger partial charge in [-0.1, -0.05) is 15.9 Å². The zero-order valence-electron chi connectivity index (χ0n) is 20.5. The highest BCUT2D eigenvalue weighted by Crippen LogP contribution is 2.58. The van der Waals surface area contributed by atoms with E-state index in [1.165, 1.54) is 0 Å². The molecule has 0 unspecified atom stereocenters. The van der Waals surface area contributed by atoms with E-state index in [4.69, 9.17) is 4.74 Å². The number of halogens is 3. The number of amides is 1. The molecule has 1 amide bonds. The molecule has 9 heteroatoms. The normalized spacial score (nSPS) is 24.8. The van der Waals surface area contributed by atoms with Gasteiger partial charge in [-0.15, -0.1) is 0 Å². The highest BCUT2D eigenvalue weighted by molar-refractivity contribution is 9.10. The number of pyridine rings is 1. The van der Waals surface area contributed by atoms with Crippen molar-refractivity contribution in [2.24, 2.45) is 12.5 Å². The van der Waals surface area contributed by atoms with Gasteiger partial charge in [-0.3, -0.25) is 9.58 Å². The Morgan fingerprint density at radius 2 is 1.76 bits per heavy atom. The smallest absolute Gasteiger partial charge is 0.416 e. The number of alkyl halides is 2. The van der Waals surface area contributed by atoms with Crippen LogP contribution in [0.5, 0.6) is 0 Å². The zero-order chi connectivity index (χ0) is 24.9. The molecule has 0 N–H and O–H groups in total. The average molecular weight is 539 g/mol. The highest BCUT2D eigenvalue weighted by Gasteiger charge is 2.52. The van der Waals surface area contributed by atoms with Crippen molar-refractivity contribution in [2.45, 2.75) is 83.2 Å². The maximum Gasteiger partial charge on any atom is 0.416 e. The fourth-order valence-corrected chi connectivity index (χ4v) is 5.82. The van der Waals surface area contributed by atoms with Crippen molar-refractivity contribution >= 4 is 27.8 Å². The van der Waals surface area contributed by atoms with Crippen LogP contribution in [0.25, 0.3) is 0 Å². The second kappa shape index (κ2) is 8.57. The summed E-state index contributed by atoms with van der Waals surface area (Å²) < 4.78 is 36.0. The number of anilines is 1. The van der Waals surface area contributed by atoms with Gasteiger partial charge in [0.25, 0.3) is 5.92 Å². The summed E-state index contributed by atoms with van der Waals surface area (Å²) in [7, 11) is 1.76. The molecule has 6 nitrogen and oxygen atoms in total. The van der Waals surface area contributed by atoms with Crippen LogP contribution >= 0.6 is 15.9 Å². The molecule has 0 radical (unpaired) electrons. The van der Waals surface area contributed by atoms with Crippen LogP contribution in [0.15, 0.2) is 28.9 Å². The molecule has 0 aliphatic heterocycles. The van der Waals surface area contributed by atoms with Gasteiger partial charge >= 0.3 is 6.09 Å². The van der Waals surface area contributed by atoms with Gasteiger partial charge in [0.2, 0.25) is 0 Å². The third kappa shape index (κ3) is 4.99. The molecule has 3 saturated carbocycles. The fourth-order valence-electron chi connectivity index (χ4n) is 5.50. The number of rotatable bonds is 5. The second-order valence-electron chi connectivity index (χ2n) is 11.1. The van der Waals surface area contributed by atoms with Gasteiger partial charge in [-0.2, -0.15) is 13.9 Å². The Balaban J connectivity index is 1.57. The number of carbonyl (C=O) groups is 1. The van der Waals surface area contributed by atoms with Crippen molar-refractivity contribution < 1.29 is 18.3 Å². The first-order chi connectivity index (χ1) is 15.7. The van der Waals surface area contributed by atoms with Gasteiger partial charge in [-0.05, 0) is 82.9 Å². The molecule has 2 bridgehead atoms. The first-order valence-electron chi connectivity index (χ1n) is 11.8. The zero-order valence-corrected chi connectivity index (χ0v) is 22.1. The number of ether oxygens (including phenoxy) is 1. The van der Waals surface area contributed by atoms with E-state index >= 15 is 0 Å². The molecular formula is C25H33BrF2N4O2. The summed E-state index contributed by atoms with van der Waals surface area (Å²) >= 11 is 3.48. The molecule has 0 aromatic carbocycles. The van der Waals surface area contributed by atoms with E-state index in [9.17, 15) is 13.6 Å². The van der Waals surface area contributed by atoms with Crippen molar-refractivity contribution in [3.8, 4) is 0 Å². The quantitative estimate of drug-likeness (QED) is 0.423.